The molecule has 1 aromatic carbocycles. The van der Waals surface area contributed by atoms with Gasteiger partial charge in [-0.3, -0.25) is 0 Å². The summed E-state index contributed by atoms with van der Waals surface area (Å²) in [4.78, 5) is 0. The van der Waals surface area contributed by atoms with Crippen LogP contribution in [0.2, 0.25) is 0 Å². The Bertz CT molecular complexity index is 318. The Morgan fingerprint density at radius 2 is 2.07 bits per heavy atom. The van der Waals surface area contributed by atoms with Crippen molar-refractivity contribution in [3.8, 4) is 5.75 Å². The Morgan fingerprint density at radius 3 is 2.60 bits per heavy atom. The van der Waals surface area contributed by atoms with E-state index in [9.17, 15) is 0 Å². The van der Waals surface area contributed by atoms with E-state index >= 15 is 0 Å². The van der Waals surface area contributed by atoms with Crippen LogP contribution >= 0.6 is 0 Å². The molecular formula is C13H21NO. The molecule has 0 saturated heterocycles. The predicted octanol–water partition coefficient (Wildman–Crippen LogP) is 3.06. The molecule has 1 aromatic rings. The van der Waals surface area contributed by atoms with E-state index in [1.54, 1.807) is 0 Å². The maximum Gasteiger partial charge on any atom is 0.120 e. The molecule has 0 aromatic heterocycles. The zero-order valence-corrected chi connectivity index (χ0v) is 10.1. The lowest BCUT2D eigenvalue weighted by Gasteiger charge is -2.24. The van der Waals surface area contributed by atoms with E-state index in [2.05, 4.69) is 13.0 Å². The van der Waals surface area contributed by atoms with Crippen molar-refractivity contribution in [1.29, 1.82) is 0 Å². The van der Waals surface area contributed by atoms with Crippen LogP contribution in [0, 0.1) is 0 Å². The van der Waals surface area contributed by atoms with Gasteiger partial charge in [-0.05, 0) is 44.9 Å². The fourth-order valence-electron chi connectivity index (χ4n) is 1.40. The molecule has 0 amide bonds. The molecule has 0 aliphatic heterocycles. The van der Waals surface area contributed by atoms with Crippen molar-refractivity contribution in [2.75, 3.05) is 0 Å². The fraction of sp³-hybridized carbons (Fsp3) is 0.538. The third-order valence-corrected chi connectivity index (χ3v) is 2.60. The van der Waals surface area contributed by atoms with Crippen molar-refractivity contribution in [1.82, 2.24) is 0 Å². The highest BCUT2D eigenvalue weighted by atomic mass is 16.5. The summed E-state index contributed by atoms with van der Waals surface area (Å²) in [6, 6.07) is 8.04. The molecule has 0 heterocycles. The van der Waals surface area contributed by atoms with E-state index in [-0.39, 0.29) is 11.6 Å². The van der Waals surface area contributed by atoms with Gasteiger partial charge in [0.25, 0.3) is 0 Å². The van der Waals surface area contributed by atoms with Crippen LogP contribution in [0.15, 0.2) is 24.3 Å². The zero-order chi connectivity index (χ0) is 11.5. The summed E-state index contributed by atoms with van der Waals surface area (Å²) in [7, 11) is 0. The monoisotopic (exact) mass is 207 g/mol. The SMILES string of the molecule is CCC(C)(N)c1cccc(OC(C)C)c1. The van der Waals surface area contributed by atoms with Gasteiger partial charge in [0, 0.05) is 5.54 Å². The first-order valence-corrected chi connectivity index (χ1v) is 5.52. The molecule has 0 aliphatic rings. The first kappa shape index (κ1) is 12.1. The number of rotatable bonds is 4. The van der Waals surface area contributed by atoms with Crippen LogP contribution in [0.1, 0.15) is 39.7 Å². The molecule has 0 bridgehead atoms. The second-order valence-electron chi connectivity index (χ2n) is 4.47. The topological polar surface area (TPSA) is 35.2 Å². The second-order valence-corrected chi connectivity index (χ2v) is 4.47. The smallest absolute Gasteiger partial charge is 0.120 e. The van der Waals surface area contributed by atoms with Gasteiger partial charge in [0.05, 0.1) is 6.10 Å². The van der Waals surface area contributed by atoms with Crippen LogP contribution < -0.4 is 10.5 Å². The number of hydrogen-bond donors (Lipinski definition) is 1. The van der Waals surface area contributed by atoms with E-state index in [0.29, 0.717) is 0 Å². The Labute approximate surface area is 92.4 Å². The van der Waals surface area contributed by atoms with Gasteiger partial charge in [-0.1, -0.05) is 19.1 Å². The lowest BCUT2D eigenvalue weighted by atomic mass is 9.90. The van der Waals surface area contributed by atoms with Crippen molar-refractivity contribution >= 4 is 0 Å². The largest absolute Gasteiger partial charge is 0.491 e. The number of nitrogens with two attached hydrogens (primary N) is 1. The van der Waals surface area contributed by atoms with E-state index in [4.69, 9.17) is 10.5 Å². The summed E-state index contributed by atoms with van der Waals surface area (Å²) in [5, 5.41) is 0. The van der Waals surface area contributed by atoms with Crippen LogP contribution in [0.25, 0.3) is 0 Å². The maximum atomic E-state index is 6.18. The average molecular weight is 207 g/mol. The van der Waals surface area contributed by atoms with Gasteiger partial charge in [0.15, 0.2) is 0 Å². The van der Waals surface area contributed by atoms with Crippen molar-refractivity contribution in [3.05, 3.63) is 29.8 Å². The van der Waals surface area contributed by atoms with Crippen LogP contribution in [0.5, 0.6) is 5.75 Å². The van der Waals surface area contributed by atoms with Crippen LogP contribution in [-0.4, -0.2) is 6.10 Å². The standard InChI is InChI=1S/C13H21NO/c1-5-13(4,14)11-7-6-8-12(9-11)15-10(2)3/h6-10H,5,14H2,1-4H3. The van der Waals surface area contributed by atoms with Crippen LogP contribution in [0.4, 0.5) is 0 Å². The highest BCUT2D eigenvalue weighted by Crippen LogP contribution is 2.25. The van der Waals surface area contributed by atoms with Crippen molar-refractivity contribution in [2.45, 2.75) is 45.8 Å². The normalized spacial score (nSPS) is 15.1. The molecule has 1 rings (SSSR count). The van der Waals surface area contributed by atoms with E-state index < -0.39 is 0 Å². The molecule has 1 unspecified atom stereocenters. The maximum absolute atomic E-state index is 6.18. The van der Waals surface area contributed by atoms with Crippen molar-refractivity contribution in [2.24, 2.45) is 5.73 Å². The first-order valence-electron chi connectivity index (χ1n) is 5.52. The second kappa shape index (κ2) is 4.67. The molecule has 0 aliphatic carbocycles. The Morgan fingerprint density at radius 1 is 1.40 bits per heavy atom. The molecule has 0 spiro atoms. The number of ether oxygens (including phenoxy) is 1. The van der Waals surface area contributed by atoms with Gasteiger partial charge in [0.1, 0.15) is 5.75 Å². The molecule has 2 heteroatoms. The molecule has 0 saturated carbocycles. The average Bonchev–Trinajstić information content (AvgIpc) is 2.17. The molecule has 1 atom stereocenters. The summed E-state index contributed by atoms with van der Waals surface area (Å²) < 4.78 is 5.64. The van der Waals surface area contributed by atoms with Gasteiger partial charge in [-0.15, -0.1) is 0 Å². The summed E-state index contributed by atoms with van der Waals surface area (Å²) in [6.07, 6.45) is 1.11. The molecular weight excluding hydrogens is 186 g/mol. The van der Waals surface area contributed by atoms with Crippen LogP contribution in [-0.2, 0) is 5.54 Å². The molecule has 2 N–H and O–H groups in total. The van der Waals surface area contributed by atoms with Gasteiger partial charge < -0.3 is 10.5 Å². The lowest BCUT2D eigenvalue weighted by molar-refractivity contribution is 0.241. The highest BCUT2D eigenvalue weighted by Gasteiger charge is 2.18. The fourth-order valence-corrected chi connectivity index (χ4v) is 1.40. The number of benzene rings is 1. The minimum absolute atomic E-state index is 0.200. The first-order chi connectivity index (χ1) is 6.95. The third-order valence-electron chi connectivity index (χ3n) is 2.60. The summed E-state index contributed by atoms with van der Waals surface area (Å²) in [6.45, 7) is 8.18. The zero-order valence-electron chi connectivity index (χ0n) is 10.1. The van der Waals surface area contributed by atoms with E-state index in [0.717, 1.165) is 17.7 Å². The van der Waals surface area contributed by atoms with Gasteiger partial charge in [-0.25, -0.2) is 0 Å². The Balaban J connectivity index is 2.92. The van der Waals surface area contributed by atoms with E-state index in [1.165, 1.54) is 0 Å². The van der Waals surface area contributed by atoms with E-state index in [1.807, 2.05) is 39.0 Å². The molecule has 84 valence electrons. The predicted molar refractivity (Wildman–Crippen MR) is 64.0 cm³/mol. The minimum Gasteiger partial charge on any atom is -0.491 e. The highest BCUT2D eigenvalue weighted by molar-refractivity contribution is 5.32. The molecule has 0 radical (unpaired) electrons. The lowest BCUT2D eigenvalue weighted by Crippen LogP contribution is -2.31. The summed E-state index contributed by atoms with van der Waals surface area (Å²) >= 11 is 0. The van der Waals surface area contributed by atoms with Gasteiger partial charge in [-0.2, -0.15) is 0 Å². The van der Waals surface area contributed by atoms with Gasteiger partial charge in [0.2, 0.25) is 0 Å². The quantitative estimate of drug-likeness (QED) is 0.823. The molecule has 2 nitrogen and oxygen atoms in total. The summed E-state index contributed by atoms with van der Waals surface area (Å²) in [5.41, 5.74) is 7.04. The number of hydrogen-bond acceptors (Lipinski definition) is 2. The van der Waals surface area contributed by atoms with Crippen molar-refractivity contribution < 1.29 is 4.74 Å². The Hall–Kier alpha value is -1.02. The van der Waals surface area contributed by atoms with Crippen LogP contribution in [0.3, 0.4) is 0 Å². The Kier molecular flexibility index (Phi) is 3.75. The minimum atomic E-state index is -0.268. The summed E-state index contributed by atoms with van der Waals surface area (Å²) in [5.74, 6) is 0.896. The van der Waals surface area contributed by atoms with Gasteiger partial charge >= 0.3 is 0 Å². The molecule has 15 heavy (non-hydrogen) atoms. The third kappa shape index (κ3) is 3.24. The molecule has 0 fully saturated rings. The van der Waals surface area contributed by atoms with Crippen molar-refractivity contribution in [3.63, 3.8) is 0 Å².